The lowest BCUT2D eigenvalue weighted by atomic mass is 9.74. The maximum absolute atomic E-state index is 14.1. The summed E-state index contributed by atoms with van der Waals surface area (Å²) < 4.78 is 54.4. The fraction of sp³-hybridized carbons (Fsp3) is 0.333. The highest BCUT2D eigenvalue weighted by Crippen LogP contribution is 2.45. The van der Waals surface area contributed by atoms with Crippen molar-refractivity contribution in [3.63, 3.8) is 0 Å². The number of benzene rings is 3. The van der Waals surface area contributed by atoms with E-state index in [1.165, 1.54) is 33.2 Å². The Bertz CT molecular complexity index is 1650. The zero-order valence-electron chi connectivity index (χ0n) is 25.6. The normalized spacial score (nSPS) is 13.4. The molecule has 0 radical (unpaired) electrons. The number of ether oxygens (including phenoxy) is 2. The minimum Gasteiger partial charge on any atom is -0.496 e. The van der Waals surface area contributed by atoms with Crippen LogP contribution in [-0.4, -0.2) is 47.1 Å². The van der Waals surface area contributed by atoms with Gasteiger partial charge in [-0.15, -0.1) is 0 Å². The number of amides is 1. The molecule has 1 atom stereocenters. The molecule has 1 unspecified atom stereocenters. The topological polar surface area (TPSA) is 101 Å². The molecule has 3 aromatic carbocycles. The monoisotopic (exact) mass is 754 g/mol. The number of aliphatic hydroxyl groups is 2. The van der Waals surface area contributed by atoms with Gasteiger partial charge in [0.2, 0.25) is 5.60 Å². The highest BCUT2D eigenvalue weighted by molar-refractivity contribution is 9.10. The molecule has 0 aliphatic rings. The Morgan fingerprint density at radius 2 is 1.40 bits per heavy atom. The van der Waals surface area contributed by atoms with Crippen LogP contribution in [0.1, 0.15) is 45.2 Å². The minimum absolute atomic E-state index is 0.126. The number of halogens is 5. The first-order chi connectivity index (χ1) is 20.8. The molecule has 1 aromatic heterocycles. The lowest BCUT2D eigenvalue weighted by molar-refractivity contribution is -0.254. The summed E-state index contributed by atoms with van der Waals surface area (Å²) in [7, 11) is 3.00. The van der Waals surface area contributed by atoms with Crippen LogP contribution in [0.15, 0.2) is 81.9 Å². The number of hydrogen-bond donors (Lipinski definition) is 3. The third-order valence-electron chi connectivity index (χ3n) is 7.15. The highest BCUT2D eigenvalue weighted by Gasteiger charge is 2.61. The zero-order valence-corrected chi connectivity index (χ0v) is 28.8. The number of carbonyl (C=O) groups is 1. The van der Waals surface area contributed by atoms with Crippen LogP contribution in [0.5, 0.6) is 11.5 Å². The fourth-order valence-corrected chi connectivity index (χ4v) is 5.57. The van der Waals surface area contributed by atoms with E-state index in [9.17, 15) is 28.2 Å². The number of aromatic nitrogens is 1. The van der Waals surface area contributed by atoms with Gasteiger partial charge < -0.3 is 25.0 Å². The molecule has 45 heavy (non-hydrogen) atoms. The highest BCUT2D eigenvalue weighted by atomic mass is 79.9. The molecule has 1 heterocycles. The summed E-state index contributed by atoms with van der Waals surface area (Å²) in [5.74, 6) is -0.512. The molecule has 12 heteroatoms. The zero-order chi connectivity index (χ0) is 33.8. The predicted molar refractivity (Wildman–Crippen MR) is 176 cm³/mol. The Hall–Kier alpha value is -3.19. The van der Waals surface area contributed by atoms with Gasteiger partial charge in [-0.25, -0.2) is 0 Å². The van der Waals surface area contributed by atoms with E-state index >= 15 is 0 Å². The summed E-state index contributed by atoms with van der Waals surface area (Å²) in [6.45, 7) is 6.50. The van der Waals surface area contributed by atoms with Crippen molar-refractivity contribution in [3.05, 3.63) is 93.0 Å². The van der Waals surface area contributed by atoms with Gasteiger partial charge in [0.25, 0.3) is 5.91 Å². The summed E-state index contributed by atoms with van der Waals surface area (Å²) >= 11 is 6.66. The summed E-state index contributed by atoms with van der Waals surface area (Å²) in [6.07, 6.45) is -4.62. The third kappa shape index (κ3) is 8.55. The maximum Gasteiger partial charge on any atom is 0.426 e. The van der Waals surface area contributed by atoms with E-state index in [1.54, 1.807) is 63.4 Å². The van der Waals surface area contributed by atoms with Crippen molar-refractivity contribution < 1.29 is 37.7 Å². The summed E-state index contributed by atoms with van der Waals surface area (Å²) in [6, 6.07) is 18.4. The van der Waals surface area contributed by atoms with Gasteiger partial charge in [0.15, 0.2) is 0 Å². The van der Waals surface area contributed by atoms with E-state index in [4.69, 9.17) is 9.47 Å². The summed E-state index contributed by atoms with van der Waals surface area (Å²) in [5, 5.41) is 23.3. The average Bonchev–Trinajstić information content (AvgIpc) is 2.96. The first-order valence-electron chi connectivity index (χ1n) is 13.7. The average molecular weight is 756 g/mol. The largest absolute Gasteiger partial charge is 0.496 e. The van der Waals surface area contributed by atoms with Gasteiger partial charge in [-0.3, -0.25) is 9.78 Å². The number of rotatable bonds is 8. The van der Waals surface area contributed by atoms with Gasteiger partial charge in [0, 0.05) is 38.1 Å². The molecule has 0 spiro atoms. The molecular formula is C33H35Br2F3N2O5. The van der Waals surface area contributed by atoms with Crippen molar-refractivity contribution in [2.45, 2.75) is 56.9 Å². The van der Waals surface area contributed by atoms with Gasteiger partial charge in [-0.2, -0.15) is 13.2 Å². The first kappa shape index (κ1) is 36.3. The third-order valence-corrected chi connectivity index (χ3v) is 8.13. The van der Waals surface area contributed by atoms with Gasteiger partial charge in [0.05, 0.1) is 31.0 Å². The number of carbonyl (C=O) groups excluding carboxylic acids is 1. The van der Waals surface area contributed by atoms with Crippen LogP contribution in [0.4, 0.5) is 18.9 Å². The molecule has 0 aliphatic carbocycles. The van der Waals surface area contributed by atoms with Crippen LogP contribution in [0.3, 0.4) is 0 Å². The van der Waals surface area contributed by atoms with E-state index in [-0.39, 0.29) is 5.69 Å². The number of nitrogens with one attached hydrogen (secondary N) is 1. The Morgan fingerprint density at radius 3 is 1.93 bits per heavy atom. The van der Waals surface area contributed by atoms with Crippen LogP contribution in [0.25, 0.3) is 10.9 Å². The molecule has 0 bridgehead atoms. The van der Waals surface area contributed by atoms with E-state index in [0.29, 0.717) is 32.4 Å². The van der Waals surface area contributed by atoms with Crippen molar-refractivity contribution in [1.29, 1.82) is 0 Å². The van der Waals surface area contributed by atoms with Crippen LogP contribution >= 0.6 is 31.9 Å². The molecule has 0 saturated heterocycles. The maximum atomic E-state index is 14.1. The molecule has 4 aromatic rings. The van der Waals surface area contributed by atoms with Crippen molar-refractivity contribution in [1.82, 2.24) is 4.98 Å². The molecular weight excluding hydrogens is 721 g/mol. The number of nitrogens with zero attached hydrogens (tertiary/aromatic N) is 1. The Kier molecular flexibility index (Phi) is 11.3. The Morgan fingerprint density at radius 1 is 0.844 bits per heavy atom. The van der Waals surface area contributed by atoms with Crippen molar-refractivity contribution in [2.24, 2.45) is 0 Å². The van der Waals surface area contributed by atoms with Crippen LogP contribution in [-0.2, 0) is 15.8 Å². The molecule has 4 rings (SSSR count). The quantitative estimate of drug-likeness (QED) is 0.167. The molecule has 242 valence electrons. The Labute approximate surface area is 277 Å². The van der Waals surface area contributed by atoms with Crippen molar-refractivity contribution in [2.75, 3.05) is 19.5 Å². The number of methoxy groups -OCH3 is 2. The van der Waals surface area contributed by atoms with E-state index in [1.807, 2.05) is 18.2 Å². The predicted octanol–water partition coefficient (Wildman–Crippen LogP) is 8.29. The van der Waals surface area contributed by atoms with Crippen molar-refractivity contribution in [3.8, 4) is 11.5 Å². The standard InChI is InChI=1S/C23H22BrF3N2O3.C10H13BrO2/c1-21(2,16-12-14(24)9-10-19(16)32-3)13-22(31,23(25,26)27)20(30)29-18-8-4-7-17-15(18)6-5-11-28-17;1-10(2,12)8-6-7(11)4-5-9(8)13-3/h4-12,31H,13H2,1-3H3,(H,29,30);4-6,12H,1-3H3. The van der Waals surface area contributed by atoms with Gasteiger partial charge in [-0.1, -0.05) is 51.8 Å². The van der Waals surface area contributed by atoms with Crippen LogP contribution in [0.2, 0.25) is 0 Å². The van der Waals surface area contributed by atoms with Crippen LogP contribution in [0, 0.1) is 0 Å². The summed E-state index contributed by atoms with van der Waals surface area (Å²) in [5.41, 5.74) is -4.00. The molecule has 0 fully saturated rings. The molecule has 7 nitrogen and oxygen atoms in total. The lowest BCUT2D eigenvalue weighted by Gasteiger charge is -2.37. The number of pyridine rings is 1. The van der Waals surface area contributed by atoms with Gasteiger partial charge in [-0.05, 0) is 79.9 Å². The molecule has 0 saturated carbocycles. The SMILES string of the molecule is COc1ccc(Br)cc1C(C)(C)CC(O)(C(=O)Nc1cccc2ncccc12)C(F)(F)F.COc1ccc(Br)cc1C(C)(C)O. The number of hydrogen-bond acceptors (Lipinski definition) is 6. The van der Waals surface area contributed by atoms with Gasteiger partial charge >= 0.3 is 6.18 Å². The van der Waals surface area contributed by atoms with E-state index in [0.717, 1.165) is 10.0 Å². The lowest BCUT2D eigenvalue weighted by Crippen LogP contribution is -2.57. The van der Waals surface area contributed by atoms with Crippen LogP contribution < -0.4 is 14.8 Å². The number of alkyl halides is 3. The number of anilines is 1. The second-order valence-electron chi connectivity index (χ2n) is 11.5. The summed E-state index contributed by atoms with van der Waals surface area (Å²) in [4.78, 5) is 17.0. The second kappa shape index (κ2) is 14.1. The second-order valence-corrected chi connectivity index (χ2v) is 13.3. The number of fused-ring (bicyclic) bond motifs is 1. The Balaban J connectivity index is 0.000000355. The molecule has 3 N–H and O–H groups in total. The fourth-order valence-electron chi connectivity index (χ4n) is 4.85. The molecule has 0 aliphatic heterocycles. The first-order valence-corrected chi connectivity index (χ1v) is 15.3. The molecule has 1 amide bonds. The minimum atomic E-state index is -5.23. The van der Waals surface area contributed by atoms with Crippen molar-refractivity contribution >= 4 is 54.4 Å². The van der Waals surface area contributed by atoms with Gasteiger partial charge in [0.1, 0.15) is 11.5 Å². The van der Waals surface area contributed by atoms with E-state index < -0.39 is 35.1 Å². The smallest absolute Gasteiger partial charge is 0.426 e. The van der Waals surface area contributed by atoms with E-state index in [2.05, 4.69) is 42.2 Å².